The van der Waals surface area contributed by atoms with Crippen molar-refractivity contribution in [2.24, 2.45) is 10.2 Å². The van der Waals surface area contributed by atoms with Gasteiger partial charge >= 0.3 is 0 Å². The Hall–Kier alpha value is -1.68. The van der Waals surface area contributed by atoms with Gasteiger partial charge in [-0.05, 0) is 61.4 Å². The molecule has 0 saturated heterocycles. The zero-order chi connectivity index (χ0) is 13.1. The number of rotatable bonds is 2. The molecule has 0 aromatic heterocycles. The maximum atomic E-state index is 9.78. The number of hydrogen-bond donors (Lipinski definition) is 1. The highest BCUT2D eigenvalue weighted by molar-refractivity contribution is 9.10. The molecule has 92 valence electrons. The second-order valence-electron chi connectivity index (χ2n) is 4.10. The van der Waals surface area contributed by atoms with Crippen molar-refractivity contribution < 1.29 is 5.11 Å². The van der Waals surface area contributed by atoms with E-state index in [9.17, 15) is 5.11 Å². The number of hydrogen-bond acceptors (Lipinski definition) is 3. The SMILES string of the molecule is Cc1cc(O)c(N=Nc2ccc(Br)cc2)cc1C. The van der Waals surface area contributed by atoms with Crippen LogP contribution >= 0.6 is 15.9 Å². The molecule has 0 saturated carbocycles. The lowest BCUT2D eigenvalue weighted by Gasteiger charge is -2.03. The van der Waals surface area contributed by atoms with Crippen LogP contribution in [-0.2, 0) is 0 Å². The number of nitrogens with zero attached hydrogens (tertiary/aromatic N) is 2. The lowest BCUT2D eigenvalue weighted by molar-refractivity contribution is 0.476. The van der Waals surface area contributed by atoms with Crippen molar-refractivity contribution >= 4 is 27.3 Å². The van der Waals surface area contributed by atoms with E-state index in [2.05, 4.69) is 26.2 Å². The fraction of sp³-hybridized carbons (Fsp3) is 0.143. The third kappa shape index (κ3) is 2.96. The number of aryl methyl sites for hydroxylation is 2. The van der Waals surface area contributed by atoms with Crippen molar-refractivity contribution in [2.75, 3.05) is 0 Å². The van der Waals surface area contributed by atoms with Gasteiger partial charge in [-0.15, -0.1) is 5.11 Å². The first-order valence-electron chi connectivity index (χ1n) is 5.54. The summed E-state index contributed by atoms with van der Waals surface area (Å²) in [5.41, 5.74) is 3.35. The van der Waals surface area contributed by atoms with Crippen molar-refractivity contribution in [2.45, 2.75) is 13.8 Å². The molecule has 0 heterocycles. The van der Waals surface area contributed by atoms with E-state index in [1.165, 1.54) is 0 Å². The number of aromatic hydroxyl groups is 1. The van der Waals surface area contributed by atoms with E-state index in [-0.39, 0.29) is 5.75 Å². The maximum Gasteiger partial charge on any atom is 0.143 e. The molecule has 2 aromatic carbocycles. The van der Waals surface area contributed by atoms with Crippen molar-refractivity contribution in [3.05, 3.63) is 52.0 Å². The fourth-order valence-electron chi connectivity index (χ4n) is 1.49. The van der Waals surface area contributed by atoms with Crippen LogP contribution in [-0.4, -0.2) is 5.11 Å². The van der Waals surface area contributed by atoms with Crippen molar-refractivity contribution in [1.82, 2.24) is 0 Å². The van der Waals surface area contributed by atoms with E-state index < -0.39 is 0 Å². The summed E-state index contributed by atoms with van der Waals surface area (Å²) in [6.45, 7) is 3.93. The quantitative estimate of drug-likeness (QED) is 0.763. The van der Waals surface area contributed by atoms with Gasteiger partial charge in [0.15, 0.2) is 0 Å². The zero-order valence-electron chi connectivity index (χ0n) is 10.2. The Kier molecular flexibility index (Phi) is 3.77. The van der Waals surface area contributed by atoms with E-state index in [0.717, 1.165) is 21.3 Å². The Labute approximate surface area is 114 Å². The normalized spacial score (nSPS) is 11.1. The summed E-state index contributed by atoms with van der Waals surface area (Å²) in [6.07, 6.45) is 0. The van der Waals surface area contributed by atoms with Gasteiger partial charge in [0.1, 0.15) is 11.4 Å². The standard InChI is InChI=1S/C14H13BrN2O/c1-9-7-13(14(18)8-10(9)2)17-16-12-5-3-11(15)4-6-12/h3-8,18H,1-2H3. The molecule has 0 radical (unpaired) electrons. The van der Waals surface area contributed by atoms with E-state index >= 15 is 0 Å². The van der Waals surface area contributed by atoms with Crippen LogP contribution in [0.15, 0.2) is 51.1 Å². The fourth-order valence-corrected chi connectivity index (χ4v) is 1.75. The summed E-state index contributed by atoms with van der Waals surface area (Å²) in [4.78, 5) is 0. The molecular weight excluding hydrogens is 292 g/mol. The molecule has 3 nitrogen and oxygen atoms in total. The zero-order valence-corrected chi connectivity index (χ0v) is 11.8. The molecule has 2 aromatic rings. The molecule has 0 atom stereocenters. The Morgan fingerprint density at radius 1 is 0.944 bits per heavy atom. The molecule has 1 N–H and O–H groups in total. The van der Waals surface area contributed by atoms with E-state index in [1.54, 1.807) is 6.07 Å². The highest BCUT2D eigenvalue weighted by Gasteiger charge is 2.03. The average molecular weight is 305 g/mol. The van der Waals surface area contributed by atoms with Gasteiger partial charge in [0, 0.05) is 4.47 Å². The molecule has 0 aliphatic heterocycles. The smallest absolute Gasteiger partial charge is 0.143 e. The van der Waals surface area contributed by atoms with Gasteiger partial charge in [0.25, 0.3) is 0 Å². The summed E-state index contributed by atoms with van der Waals surface area (Å²) in [6, 6.07) is 11.0. The summed E-state index contributed by atoms with van der Waals surface area (Å²) in [5, 5.41) is 17.9. The molecule has 0 spiro atoms. The molecule has 4 heteroatoms. The summed E-state index contributed by atoms with van der Waals surface area (Å²) < 4.78 is 0.996. The number of phenols is 1. The Morgan fingerprint density at radius 3 is 2.22 bits per heavy atom. The molecule has 0 unspecified atom stereocenters. The number of benzene rings is 2. The van der Waals surface area contributed by atoms with Crippen LogP contribution in [0.1, 0.15) is 11.1 Å². The van der Waals surface area contributed by atoms with Gasteiger partial charge in [0.05, 0.1) is 5.69 Å². The minimum Gasteiger partial charge on any atom is -0.506 e. The molecule has 2 rings (SSSR count). The van der Waals surface area contributed by atoms with Crippen molar-refractivity contribution in [1.29, 1.82) is 0 Å². The van der Waals surface area contributed by atoms with E-state index in [4.69, 9.17) is 0 Å². The van der Waals surface area contributed by atoms with Crippen molar-refractivity contribution in [3.63, 3.8) is 0 Å². The second kappa shape index (κ2) is 5.31. The predicted octanol–water partition coefficient (Wildman–Crippen LogP) is 5.19. The van der Waals surface area contributed by atoms with Crippen molar-refractivity contribution in [3.8, 4) is 5.75 Å². The van der Waals surface area contributed by atoms with Crippen LogP contribution in [0.4, 0.5) is 11.4 Å². The van der Waals surface area contributed by atoms with Crippen LogP contribution < -0.4 is 0 Å². The summed E-state index contributed by atoms with van der Waals surface area (Å²) in [5.74, 6) is 0.152. The van der Waals surface area contributed by atoms with Crippen LogP contribution in [0.25, 0.3) is 0 Å². The van der Waals surface area contributed by atoms with E-state index in [1.807, 2.05) is 44.2 Å². The molecule has 0 amide bonds. The number of azo groups is 1. The number of phenolic OH excluding ortho intramolecular Hbond substituents is 1. The van der Waals surface area contributed by atoms with Gasteiger partial charge in [-0.1, -0.05) is 15.9 Å². The maximum absolute atomic E-state index is 9.78. The minimum atomic E-state index is 0.152. The summed E-state index contributed by atoms with van der Waals surface area (Å²) in [7, 11) is 0. The van der Waals surface area contributed by atoms with Crippen LogP contribution in [0, 0.1) is 13.8 Å². The van der Waals surface area contributed by atoms with Gasteiger partial charge in [0.2, 0.25) is 0 Å². The topological polar surface area (TPSA) is 45.0 Å². The monoisotopic (exact) mass is 304 g/mol. The predicted molar refractivity (Wildman–Crippen MR) is 75.9 cm³/mol. The molecule has 0 aliphatic rings. The third-order valence-corrected chi connectivity index (χ3v) is 3.22. The lowest BCUT2D eigenvalue weighted by atomic mass is 10.1. The van der Waals surface area contributed by atoms with Gasteiger partial charge < -0.3 is 5.11 Å². The molecule has 0 aliphatic carbocycles. The Morgan fingerprint density at radius 2 is 1.56 bits per heavy atom. The Bertz CT molecular complexity index is 591. The molecule has 18 heavy (non-hydrogen) atoms. The van der Waals surface area contributed by atoms with Crippen LogP contribution in [0.5, 0.6) is 5.75 Å². The lowest BCUT2D eigenvalue weighted by Crippen LogP contribution is -1.79. The number of halogens is 1. The highest BCUT2D eigenvalue weighted by atomic mass is 79.9. The highest BCUT2D eigenvalue weighted by Crippen LogP contribution is 2.31. The molecule has 0 fully saturated rings. The summed E-state index contributed by atoms with van der Waals surface area (Å²) >= 11 is 3.36. The van der Waals surface area contributed by atoms with Gasteiger partial charge in [-0.2, -0.15) is 5.11 Å². The second-order valence-corrected chi connectivity index (χ2v) is 5.02. The van der Waals surface area contributed by atoms with Gasteiger partial charge in [-0.3, -0.25) is 0 Å². The Balaban J connectivity index is 2.28. The van der Waals surface area contributed by atoms with Crippen LogP contribution in [0.2, 0.25) is 0 Å². The first-order chi connectivity index (χ1) is 8.56. The molecule has 0 bridgehead atoms. The van der Waals surface area contributed by atoms with Crippen LogP contribution in [0.3, 0.4) is 0 Å². The molecular formula is C14H13BrN2O. The largest absolute Gasteiger partial charge is 0.506 e. The van der Waals surface area contributed by atoms with Gasteiger partial charge in [-0.25, -0.2) is 0 Å². The first-order valence-corrected chi connectivity index (χ1v) is 6.33. The first kappa shape index (κ1) is 12.8. The average Bonchev–Trinajstić information content (AvgIpc) is 2.34. The van der Waals surface area contributed by atoms with E-state index in [0.29, 0.717) is 5.69 Å². The third-order valence-electron chi connectivity index (χ3n) is 2.69. The minimum absolute atomic E-state index is 0.152.